The molecule has 2 aromatic heterocycles. The molecule has 2 heterocycles. The summed E-state index contributed by atoms with van der Waals surface area (Å²) in [6.45, 7) is 9.09. The van der Waals surface area contributed by atoms with E-state index in [1.807, 2.05) is 44.5 Å². The van der Waals surface area contributed by atoms with Gasteiger partial charge >= 0.3 is 0 Å². The maximum atomic E-state index is 13.2. The van der Waals surface area contributed by atoms with E-state index >= 15 is 0 Å². The lowest BCUT2D eigenvalue weighted by Crippen LogP contribution is -2.15. The predicted molar refractivity (Wildman–Crippen MR) is 99.6 cm³/mol. The van der Waals surface area contributed by atoms with Crippen molar-refractivity contribution in [3.63, 3.8) is 0 Å². The van der Waals surface area contributed by atoms with Gasteiger partial charge in [0.25, 0.3) is 15.9 Å². The van der Waals surface area contributed by atoms with Crippen LogP contribution in [0, 0.1) is 34.6 Å². The zero-order chi connectivity index (χ0) is 19.2. The molecule has 0 bridgehead atoms. The highest BCUT2D eigenvalue weighted by molar-refractivity contribution is 7.93. The van der Waals surface area contributed by atoms with E-state index in [-0.39, 0.29) is 10.8 Å². The van der Waals surface area contributed by atoms with Crippen molar-refractivity contribution in [2.24, 2.45) is 7.05 Å². The van der Waals surface area contributed by atoms with Gasteiger partial charge in [0.2, 0.25) is 5.89 Å². The Morgan fingerprint density at radius 1 is 1.04 bits per heavy atom. The lowest BCUT2D eigenvalue weighted by atomic mass is 10.1. The van der Waals surface area contributed by atoms with Crippen molar-refractivity contribution in [3.05, 3.63) is 46.6 Å². The third-order valence-corrected chi connectivity index (χ3v) is 6.31. The zero-order valence-corrected chi connectivity index (χ0v) is 16.5. The average molecular weight is 374 g/mol. The van der Waals surface area contributed by atoms with Crippen LogP contribution in [0.25, 0.3) is 11.5 Å². The molecule has 0 spiro atoms. The van der Waals surface area contributed by atoms with Crippen LogP contribution in [0.15, 0.2) is 27.5 Å². The number of aryl methyl sites for hydroxylation is 2. The van der Waals surface area contributed by atoms with Gasteiger partial charge in [0.1, 0.15) is 4.90 Å². The van der Waals surface area contributed by atoms with E-state index in [0.29, 0.717) is 22.8 Å². The summed E-state index contributed by atoms with van der Waals surface area (Å²) >= 11 is 0. The third-order valence-electron chi connectivity index (χ3n) is 4.78. The van der Waals surface area contributed by atoms with Gasteiger partial charge in [-0.25, -0.2) is 8.42 Å². The van der Waals surface area contributed by atoms with Crippen LogP contribution < -0.4 is 4.72 Å². The molecule has 7 nitrogen and oxygen atoms in total. The standard InChI is InChI=1S/C18H22N4O3S/c1-10-8-7-9-15(11(10)2)21-26(23,24)17-13(4)22(6)12(3)16(17)18-20-19-14(5)25-18/h7-9,21H,1-6H3. The van der Waals surface area contributed by atoms with Gasteiger partial charge in [-0.05, 0) is 44.9 Å². The third kappa shape index (κ3) is 2.90. The number of sulfonamides is 1. The fraction of sp³-hybridized carbons (Fsp3) is 0.333. The van der Waals surface area contributed by atoms with Crippen LogP contribution in [0.4, 0.5) is 5.69 Å². The molecule has 0 aliphatic carbocycles. The first-order valence-electron chi connectivity index (χ1n) is 8.19. The number of hydrogen-bond acceptors (Lipinski definition) is 5. The van der Waals surface area contributed by atoms with E-state index in [4.69, 9.17) is 4.42 Å². The Kier molecular flexibility index (Phi) is 4.39. The minimum Gasteiger partial charge on any atom is -0.421 e. The molecule has 1 N–H and O–H groups in total. The van der Waals surface area contributed by atoms with Gasteiger partial charge in [-0.1, -0.05) is 12.1 Å². The quantitative estimate of drug-likeness (QED) is 0.756. The first-order chi connectivity index (χ1) is 12.1. The number of hydrogen-bond donors (Lipinski definition) is 1. The molecule has 138 valence electrons. The largest absolute Gasteiger partial charge is 0.421 e. The first kappa shape index (κ1) is 18.2. The van der Waals surface area contributed by atoms with Crippen LogP contribution in [0.3, 0.4) is 0 Å². The Balaban J connectivity index is 2.19. The molecular weight excluding hydrogens is 352 g/mol. The summed E-state index contributed by atoms with van der Waals surface area (Å²) in [4.78, 5) is 0.155. The van der Waals surface area contributed by atoms with Crippen molar-refractivity contribution >= 4 is 15.7 Å². The molecular formula is C18H22N4O3S. The summed E-state index contributed by atoms with van der Waals surface area (Å²) in [6, 6.07) is 5.52. The summed E-state index contributed by atoms with van der Waals surface area (Å²) < 4.78 is 36.5. The second-order valence-electron chi connectivity index (χ2n) is 6.41. The Bertz CT molecular complexity index is 1090. The van der Waals surface area contributed by atoms with Crippen LogP contribution in [0.2, 0.25) is 0 Å². The average Bonchev–Trinajstić information content (AvgIpc) is 3.09. The maximum absolute atomic E-state index is 13.2. The molecule has 26 heavy (non-hydrogen) atoms. The van der Waals surface area contributed by atoms with E-state index in [0.717, 1.165) is 16.8 Å². The molecule has 0 saturated carbocycles. The lowest BCUT2D eigenvalue weighted by molar-refractivity contribution is 0.530. The van der Waals surface area contributed by atoms with Crippen molar-refractivity contribution in [2.75, 3.05) is 4.72 Å². The van der Waals surface area contributed by atoms with E-state index in [1.165, 1.54) is 0 Å². The molecule has 0 radical (unpaired) electrons. The summed E-state index contributed by atoms with van der Waals surface area (Å²) in [6.07, 6.45) is 0. The summed E-state index contributed by atoms with van der Waals surface area (Å²) in [5, 5.41) is 7.86. The molecule has 0 fully saturated rings. The van der Waals surface area contributed by atoms with Crippen LogP contribution in [-0.4, -0.2) is 23.2 Å². The molecule has 0 atom stereocenters. The molecule has 3 aromatic rings. The highest BCUT2D eigenvalue weighted by Gasteiger charge is 2.31. The van der Waals surface area contributed by atoms with Gasteiger partial charge < -0.3 is 8.98 Å². The molecule has 0 saturated heterocycles. The lowest BCUT2D eigenvalue weighted by Gasteiger charge is -2.13. The number of aromatic nitrogens is 3. The highest BCUT2D eigenvalue weighted by Crippen LogP contribution is 2.35. The van der Waals surface area contributed by atoms with E-state index in [2.05, 4.69) is 14.9 Å². The van der Waals surface area contributed by atoms with Crippen LogP contribution in [0.1, 0.15) is 28.4 Å². The normalized spacial score (nSPS) is 11.8. The van der Waals surface area contributed by atoms with Crippen molar-refractivity contribution in [2.45, 2.75) is 39.5 Å². The van der Waals surface area contributed by atoms with Crippen LogP contribution >= 0.6 is 0 Å². The summed E-state index contributed by atoms with van der Waals surface area (Å²) in [5.74, 6) is 0.580. The molecule has 8 heteroatoms. The van der Waals surface area contributed by atoms with Crippen molar-refractivity contribution in [1.82, 2.24) is 14.8 Å². The van der Waals surface area contributed by atoms with Gasteiger partial charge in [-0.3, -0.25) is 4.72 Å². The van der Waals surface area contributed by atoms with Crippen LogP contribution in [0.5, 0.6) is 0 Å². The molecule has 0 aliphatic heterocycles. The molecule has 0 amide bonds. The Hall–Kier alpha value is -2.61. The maximum Gasteiger partial charge on any atom is 0.264 e. The highest BCUT2D eigenvalue weighted by atomic mass is 32.2. The number of nitrogens with one attached hydrogen (secondary N) is 1. The van der Waals surface area contributed by atoms with Crippen LogP contribution in [-0.2, 0) is 17.1 Å². The number of nitrogens with zero attached hydrogens (tertiary/aromatic N) is 3. The number of rotatable bonds is 4. The van der Waals surface area contributed by atoms with Gasteiger partial charge in [0.05, 0.1) is 11.3 Å². The first-order valence-corrected chi connectivity index (χ1v) is 9.67. The van der Waals surface area contributed by atoms with E-state index < -0.39 is 10.0 Å². The molecule has 0 unspecified atom stereocenters. The van der Waals surface area contributed by atoms with Gasteiger partial charge in [-0.15, -0.1) is 10.2 Å². The van der Waals surface area contributed by atoms with Gasteiger partial charge in [0.15, 0.2) is 0 Å². The van der Waals surface area contributed by atoms with Crippen molar-refractivity contribution < 1.29 is 12.8 Å². The van der Waals surface area contributed by atoms with Crippen molar-refractivity contribution in [3.8, 4) is 11.5 Å². The van der Waals surface area contributed by atoms with Gasteiger partial charge in [-0.2, -0.15) is 0 Å². The zero-order valence-electron chi connectivity index (χ0n) is 15.7. The Morgan fingerprint density at radius 2 is 1.73 bits per heavy atom. The van der Waals surface area contributed by atoms with Gasteiger partial charge in [0, 0.05) is 25.4 Å². The molecule has 3 rings (SSSR count). The van der Waals surface area contributed by atoms with E-state index in [1.54, 1.807) is 19.9 Å². The fourth-order valence-electron chi connectivity index (χ4n) is 2.95. The fourth-order valence-corrected chi connectivity index (χ4v) is 4.59. The smallest absolute Gasteiger partial charge is 0.264 e. The Labute approximate surface area is 153 Å². The van der Waals surface area contributed by atoms with Crippen molar-refractivity contribution in [1.29, 1.82) is 0 Å². The second-order valence-corrected chi connectivity index (χ2v) is 8.03. The number of benzene rings is 1. The second kappa shape index (κ2) is 6.28. The predicted octanol–water partition coefficient (Wildman–Crippen LogP) is 3.42. The Morgan fingerprint density at radius 3 is 2.35 bits per heavy atom. The minimum atomic E-state index is -3.85. The summed E-state index contributed by atoms with van der Waals surface area (Å²) in [7, 11) is -2.04. The molecule has 1 aromatic carbocycles. The topological polar surface area (TPSA) is 90.0 Å². The minimum absolute atomic E-state index is 0.155. The molecule has 0 aliphatic rings. The van der Waals surface area contributed by atoms with E-state index in [9.17, 15) is 8.42 Å². The summed E-state index contributed by atoms with van der Waals surface area (Å²) in [5.41, 5.74) is 4.23. The SMILES string of the molecule is Cc1nnc(-c2c(S(=O)(=O)Nc3cccc(C)c3C)c(C)n(C)c2C)o1. The monoisotopic (exact) mass is 374 g/mol. The number of anilines is 1.